The molecule has 1 atom stereocenters. The van der Waals surface area contributed by atoms with Crippen molar-refractivity contribution in [2.75, 3.05) is 12.5 Å². The van der Waals surface area contributed by atoms with Gasteiger partial charge in [-0.25, -0.2) is 0 Å². The first-order valence-corrected chi connectivity index (χ1v) is 5.19. The summed E-state index contributed by atoms with van der Waals surface area (Å²) in [6.45, 7) is 2.04. The number of rotatable bonds is 5. The van der Waals surface area contributed by atoms with Crippen molar-refractivity contribution in [3.63, 3.8) is 0 Å². The van der Waals surface area contributed by atoms with E-state index in [2.05, 4.69) is 0 Å². The number of benzene rings is 1. The van der Waals surface area contributed by atoms with E-state index < -0.39 is 5.97 Å². The van der Waals surface area contributed by atoms with Crippen LogP contribution in [0.4, 0.5) is 0 Å². The number of halogens is 1. The van der Waals surface area contributed by atoms with Crippen molar-refractivity contribution in [3.8, 4) is 5.75 Å². The van der Waals surface area contributed by atoms with E-state index in [0.717, 1.165) is 5.75 Å². The molecular formula is C11H13ClO3. The summed E-state index contributed by atoms with van der Waals surface area (Å²) in [7, 11) is 0. The van der Waals surface area contributed by atoms with Gasteiger partial charge in [-0.15, -0.1) is 11.6 Å². The largest absolute Gasteiger partial charge is 0.487 e. The summed E-state index contributed by atoms with van der Waals surface area (Å²) in [4.78, 5) is 10.8. The van der Waals surface area contributed by atoms with Gasteiger partial charge >= 0.3 is 5.97 Å². The molecule has 1 unspecified atom stereocenters. The van der Waals surface area contributed by atoms with Crippen molar-refractivity contribution in [3.05, 3.63) is 30.3 Å². The van der Waals surface area contributed by atoms with E-state index in [0.29, 0.717) is 0 Å². The lowest BCUT2D eigenvalue weighted by Gasteiger charge is -2.14. The minimum atomic E-state index is -0.430. The van der Waals surface area contributed by atoms with Gasteiger partial charge in [0.2, 0.25) is 0 Å². The molecule has 0 aromatic heterocycles. The monoisotopic (exact) mass is 228 g/mol. The SMILES string of the molecule is CC(COC(=O)CCl)Oc1ccccc1. The van der Waals surface area contributed by atoms with E-state index in [1.54, 1.807) is 0 Å². The third-order valence-corrected chi connectivity index (χ3v) is 1.89. The molecule has 0 saturated heterocycles. The predicted molar refractivity (Wildman–Crippen MR) is 58.2 cm³/mol. The lowest BCUT2D eigenvalue weighted by atomic mass is 10.3. The maximum absolute atomic E-state index is 10.8. The van der Waals surface area contributed by atoms with Gasteiger partial charge in [0.25, 0.3) is 0 Å². The predicted octanol–water partition coefficient (Wildman–Crippen LogP) is 2.24. The molecule has 1 rings (SSSR count). The quantitative estimate of drug-likeness (QED) is 0.573. The number of alkyl halides is 1. The van der Waals surface area contributed by atoms with Crippen LogP contribution in [0.5, 0.6) is 5.75 Å². The van der Waals surface area contributed by atoms with Gasteiger partial charge in [-0.2, -0.15) is 0 Å². The summed E-state index contributed by atoms with van der Waals surface area (Å²) in [5.41, 5.74) is 0. The van der Waals surface area contributed by atoms with Gasteiger partial charge in [0, 0.05) is 0 Å². The molecule has 4 heteroatoms. The van der Waals surface area contributed by atoms with Crippen LogP contribution in [-0.2, 0) is 9.53 Å². The van der Waals surface area contributed by atoms with Gasteiger partial charge in [-0.05, 0) is 19.1 Å². The van der Waals surface area contributed by atoms with Crippen molar-refractivity contribution in [2.24, 2.45) is 0 Å². The molecule has 82 valence electrons. The number of hydrogen-bond donors (Lipinski definition) is 0. The summed E-state index contributed by atoms with van der Waals surface area (Å²) in [6, 6.07) is 9.37. The fourth-order valence-corrected chi connectivity index (χ4v) is 1.09. The molecule has 0 N–H and O–H groups in total. The maximum atomic E-state index is 10.8. The Kier molecular flexibility index (Phi) is 4.98. The smallest absolute Gasteiger partial charge is 0.321 e. The maximum Gasteiger partial charge on any atom is 0.321 e. The van der Waals surface area contributed by atoms with Gasteiger partial charge in [-0.3, -0.25) is 4.79 Å². The molecule has 0 aliphatic rings. The van der Waals surface area contributed by atoms with Crippen LogP contribution >= 0.6 is 11.6 Å². The second-order valence-corrected chi connectivity index (χ2v) is 3.33. The molecule has 0 bridgehead atoms. The van der Waals surface area contributed by atoms with Crippen LogP contribution in [0, 0.1) is 0 Å². The van der Waals surface area contributed by atoms with Gasteiger partial charge in [0.1, 0.15) is 24.3 Å². The average Bonchev–Trinajstić information content (AvgIpc) is 2.27. The molecule has 0 fully saturated rings. The molecule has 1 aromatic rings. The first kappa shape index (κ1) is 11.9. The Labute approximate surface area is 93.9 Å². The molecular weight excluding hydrogens is 216 g/mol. The van der Waals surface area contributed by atoms with Gasteiger partial charge in [-0.1, -0.05) is 18.2 Å². The average molecular weight is 229 g/mol. The summed E-state index contributed by atoms with van der Waals surface area (Å²) in [6.07, 6.45) is -0.181. The third kappa shape index (κ3) is 4.70. The van der Waals surface area contributed by atoms with E-state index in [-0.39, 0.29) is 18.6 Å². The van der Waals surface area contributed by atoms with Gasteiger partial charge in [0.05, 0.1) is 0 Å². The Balaban J connectivity index is 2.30. The molecule has 0 spiro atoms. The Morgan fingerprint density at radius 1 is 1.40 bits per heavy atom. The van der Waals surface area contributed by atoms with E-state index >= 15 is 0 Å². The number of esters is 1. The fourth-order valence-electron chi connectivity index (χ4n) is 1.01. The number of carbonyl (C=O) groups excluding carboxylic acids is 1. The Bertz CT molecular complexity index is 300. The van der Waals surface area contributed by atoms with Gasteiger partial charge in [0.15, 0.2) is 0 Å². The Morgan fingerprint density at radius 3 is 2.67 bits per heavy atom. The van der Waals surface area contributed by atoms with Crippen LogP contribution in [-0.4, -0.2) is 24.6 Å². The highest BCUT2D eigenvalue weighted by atomic mass is 35.5. The number of ether oxygens (including phenoxy) is 2. The minimum Gasteiger partial charge on any atom is -0.487 e. The van der Waals surface area contributed by atoms with E-state index in [9.17, 15) is 4.79 Å². The normalized spacial score (nSPS) is 11.9. The molecule has 15 heavy (non-hydrogen) atoms. The highest BCUT2D eigenvalue weighted by molar-refractivity contribution is 6.26. The van der Waals surface area contributed by atoms with Crippen LogP contribution < -0.4 is 4.74 Å². The zero-order valence-corrected chi connectivity index (χ0v) is 9.24. The first-order valence-electron chi connectivity index (χ1n) is 4.65. The van der Waals surface area contributed by atoms with Crippen LogP contribution in [0.1, 0.15) is 6.92 Å². The summed E-state index contributed by atoms with van der Waals surface area (Å²) in [5.74, 6) is 0.199. The van der Waals surface area contributed by atoms with Crippen LogP contribution in [0.3, 0.4) is 0 Å². The number of hydrogen-bond acceptors (Lipinski definition) is 3. The van der Waals surface area contributed by atoms with Crippen LogP contribution in [0.15, 0.2) is 30.3 Å². The van der Waals surface area contributed by atoms with Crippen molar-refractivity contribution >= 4 is 17.6 Å². The molecule has 3 nitrogen and oxygen atoms in total. The highest BCUT2D eigenvalue weighted by Crippen LogP contribution is 2.10. The standard InChI is InChI=1S/C11H13ClO3/c1-9(8-14-11(13)7-12)15-10-5-3-2-4-6-10/h2-6,9H,7-8H2,1H3. The first-order chi connectivity index (χ1) is 7.22. The molecule has 0 saturated carbocycles. The second-order valence-electron chi connectivity index (χ2n) is 3.06. The second kappa shape index (κ2) is 6.30. The van der Waals surface area contributed by atoms with Crippen LogP contribution in [0.25, 0.3) is 0 Å². The summed E-state index contributed by atoms with van der Waals surface area (Å²) in [5, 5.41) is 0. The summed E-state index contributed by atoms with van der Waals surface area (Å²) >= 11 is 5.28. The zero-order chi connectivity index (χ0) is 11.1. The van der Waals surface area contributed by atoms with Crippen molar-refractivity contribution in [2.45, 2.75) is 13.0 Å². The van der Waals surface area contributed by atoms with E-state index in [1.807, 2.05) is 37.3 Å². The topological polar surface area (TPSA) is 35.5 Å². The molecule has 0 heterocycles. The minimum absolute atomic E-state index is 0.127. The van der Waals surface area contributed by atoms with Crippen molar-refractivity contribution < 1.29 is 14.3 Å². The Morgan fingerprint density at radius 2 is 2.07 bits per heavy atom. The number of para-hydroxylation sites is 1. The third-order valence-electron chi connectivity index (χ3n) is 1.67. The molecule has 0 radical (unpaired) electrons. The lowest BCUT2D eigenvalue weighted by Crippen LogP contribution is -2.22. The van der Waals surface area contributed by atoms with Crippen molar-refractivity contribution in [1.82, 2.24) is 0 Å². The number of carbonyl (C=O) groups is 1. The van der Waals surface area contributed by atoms with Gasteiger partial charge < -0.3 is 9.47 Å². The fraction of sp³-hybridized carbons (Fsp3) is 0.364. The Hall–Kier alpha value is -1.22. The lowest BCUT2D eigenvalue weighted by molar-refractivity contribution is -0.142. The summed E-state index contributed by atoms with van der Waals surface area (Å²) < 4.78 is 10.3. The molecule has 0 amide bonds. The van der Waals surface area contributed by atoms with Crippen LogP contribution in [0.2, 0.25) is 0 Å². The molecule has 0 aliphatic heterocycles. The van der Waals surface area contributed by atoms with Crippen molar-refractivity contribution in [1.29, 1.82) is 0 Å². The molecule has 0 aliphatic carbocycles. The zero-order valence-electron chi connectivity index (χ0n) is 8.48. The molecule has 1 aromatic carbocycles. The van der Waals surface area contributed by atoms with E-state index in [1.165, 1.54) is 0 Å². The van der Waals surface area contributed by atoms with E-state index in [4.69, 9.17) is 21.1 Å². The highest BCUT2D eigenvalue weighted by Gasteiger charge is 2.07.